The fourth-order valence-electron chi connectivity index (χ4n) is 2.90. The molecule has 0 atom stereocenters. The molecular formula is C23H25N3O4S. The summed E-state index contributed by atoms with van der Waals surface area (Å²) in [4.78, 5) is 5.32. The van der Waals surface area contributed by atoms with Crippen molar-refractivity contribution in [2.75, 3.05) is 35.0 Å². The Morgan fingerprint density at radius 2 is 1.58 bits per heavy atom. The van der Waals surface area contributed by atoms with Gasteiger partial charge in [-0.3, -0.25) is 4.99 Å². The minimum Gasteiger partial charge on any atom is -0.497 e. The fourth-order valence-corrected chi connectivity index (χ4v) is 3.74. The first-order chi connectivity index (χ1) is 15.1. The molecule has 3 rings (SSSR count). The number of hydrogen-bond donors (Lipinski definition) is 0. The average Bonchev–Trinajstić information content (AvgIpc) is 3.23. The number of rotatable bonds is 9. The van der Waals surface area contributed by atoms with E-state index in [1.165, 1.54) is 11.3 Å². The molecule has 3 aromatic rings. The molecule has 0 bridgehead atoms. The van der Waals surface area contributed by atoms with Gasteiger partial charge in [0.1, 0.15) is 23.0 Å². The number of methoxy groups -OCH3 is 4. The summed E-state index contributed by atoms with van der Waals surface area (Å²) in [5, 5.41) is 6.74. The summed E-state index contributed by atoms with van der Waals surface area (Å²) < 4.78 is 23.4. The Balaban J connectivity index is 2.12. The number of thiazole rings is 1. The second kappa shape index (κ2) is 10.5. The summed E-state index contributed by atoms with van der Waals surface area (Å²) in [5.74, 6) is 2.60. The van der Waals surface area contributed by atoms with E-state index in [-0.39, 0.29) is 0 Å². The summed E-state index contributed by atoms with van der Waals surface area (Å²) in [6, 6.07) is 11.4. The van der Waals surface area contributed by atoms with Gasteiger partial charge in [0.2, 0.25) is 4.80 Å². The summed E-state index contributed by atoms with van der Waals surface area (Å²) in [7, 11) is 6.43. The zero-order valence-electron chi connectivity index (χ0n) is 18.0. The summed E-state index contributed by atoms with van der Waals surface area (Å²) in [6.07, 6.45) is 3.44. The van der Waals surface area contributed by atoms with E-state index in [4.69, 9.17) is 24.0 Å². The lowest BCUT2D eigenvalue weighted by Gasteiger charge is -2.12. The monoisotopic (exact) mass is 439 g/mol. The first kappa shape index (κ1) is 22.2. The highest BCUT2D eigenvalue weighted by atomic mass is 32.1. The van der Waals surface area contributed by atoms with Gasteiger partial charge in [-0.25, -0.2) is 4.68 Å². The molecule has 0 unspecified atom stereocenters. The van der Waals surface area contributed by atoms with Crippen molar-refractivity contribution >= 4 is 17.6 Å². The third-order valence-electron chi connectivity index (χ3n) is 4.48. The van der Waals surface area contributed by atoms with Crippen LogP contribution in [0.25, 0.3) is 11.3 Å². The molecule has 162 valence electrons. The lowest BCUT2D eigenvalue weighted by Crippen LogP contribution is -2.12. The quantitative estimate of drug-likeness (QED) is 0.370. The average molecular weight is 440 g/mol. The Bertz CT molecular complexity index is 1110. The van der Waals surface area contributed by atoms with E-state index in [2.05, 4.69) is 11.6 Å². The first-order valence-corrected chi connectivity index (χ1v) is 10.3. The molecule has 2 aromatic carbocycles. The summed E-state index contributed by atoms with van der Waals surface area (Å²) in [6.45, 7) is 4.24. The SMILES string of the molecule is C=CCN=c1scc(-c2ccc(OC)cc2)n1N=Cc1c(OC)cc(OC)cc1OC. The number of aromatic nitrogens is 1. The third kappa shape index (κ3) is 4.97. The van der Waals surface area contributed by atoms with Crippen LogP contribution in [0.2, 0.25) is 0 Å². The van der Waals surface area contributed by atoms with Crippen LogP contribution in [-0.2, 0) is 0 Å². The smallest absolute Gasteiger partial charge is 0.206 e. The third-order valence-corrected chi connectivity index (χ3v) is 5.34. The van der Waals surface area contributed by atoms with E-state index >= 15 is 0 Å². The molecule has 0 amide bonds. The van der Waals surface area contributed by atoms with Crippen LogP contribution in [0.15, 0.2) is 64.5 Å². The van der Waals surface area contributed by atoms with Gasteiger partial charge >= 0.3 is 0 Å². The van der Waals surface area contributed by atoms with Crippen molar-refractivity contribution < 1.29 is 18.9 Å². The van der Waals surface area contributed by atoms with Crippen LogP contribution < -0.4 is 23.7 Å². The number of ether oxygens (including phenoxy) is 4. The van der Waals surface area contributed by atoms with Crippen molar-refractivity contribution in [2.45, 2.75) is 0 Å². The standard InChI is InChI=1S/C23H25N3O4S/c1-6-11-24-23-26(20(15-31-23)16-7-9-17(27-2)10-8-16)25-14-19-21(29-4)12-18(28-3)13-22(19)30-5/h6-10,12-15H,1,11H2,2-5H3. The molecule has 1 aromatic heterocycles. The fraction of sp³-hybridized carbons (Fsp3) is 0.217. The van der Waals surface area contributed by atoms with Crippen molar-refractivity contribution in [3.63, 3.8) is 0 Å². The second-order valence-electron chi connectivity index (χ2n) is 6.26. The van der Waals surface area contributed by atoms with Crippen molar-refractivity contribution in [1.29, 1.82) is 0 Å². The molecule has 0 fully saturated rings. The van der Waals surface area contributed by atoms with Crippen molar-refractivity contribution in [3.05, 3.63) is 64.8 Å². The molecule has 1 heterocycles. The van der Waals surface area contributed by atoms with Gasteiger partial charge in [0.25, 0.3) is 0 Å². The zero-order chi connectivity index (χ0) is 22.2. The molecule has 0 aliphatic rings. The van der Waals surface area contributed by atoms with Crippen LogP contribution in [0.4, 0.5) is 0 Å². The zero-order valence-corrected chi connectivity index (χ0v) is 18.8. The minimum atomic E-state index is 0.493. The van der Waals surface area contributed by atoms with E-state index in [1.54, 1.807) is 57.5 Å². The molecule has 8 heteroatoms. The largest absolute Gasteiger partial charge is 0.497 e. The molecule has 31 heavy (non-hydrogen) atoms. The normalized spacial score (nSPS) is 11.5. The molecule has 0 N–H and O–H groups in total. The molecule has 0 saturated carbocycles. The predicted molar refractivity (Wildman–Crippen MR) is 124 cm³/mol. The van der Waals surface area contributed by atoms with Gasteiger partial charge in [-0.1, -0.05) is 6.08 Å². The van der Waals surface area contributed by atoms with Crippen LogP contribution in [0.1, 0.15) is 5.56 Å². The van der Waals surface area contributed by atoms with Crippen LogP contribution in [0.5, 0.6) is 23.0 Å². The highest BCUT2D eigenvalue weighted by Gasteiger charge is 2.13. The Kier molecular flexibility index (Phi) is 7.50. The van der Waals surface area contributed by atoms with Crippen molar-refractivity contribution in [3.8, 4) is 34.3 Å². The Morgan fingerprint density at radius 1 is 0.935 bits per heavy atom. The van der Waals surface area contributed by atoms with Crippen molar-refractivity contribution in [1.82, 2.24) is 4.68 Å². The molecular weight excluding hydrogens is 414 g/mol. The van der Waals surface area contributed by atoms with Gasteiger partial charge < -0.3 is 18.9 Å². The van der Waals surface area contributed by atoms with Crippen molar-refractivity contribution in [2.24, 2.45) is 10.1 Å². The number of benzene rings is 2. The number of hydrogen-bond acceptors (Lipinski definition) is 7. The topological polar surface area (TPSA) is 66.6 Å². The Hall–Kier alpha value is -3.52. The Labute approximate surface area is 185 Å². The van der Waals surface area contributed by atoms with Crippen LogP contribution in [-0.4, -0.2) is 45.9 Å². The second-order valence-corrected chi connectivity index (χ2v) is 7.10. The maximum Gasteiger partial charge on any atom is 0.206 e. The molecule has 0 spiro atoms. The maximum atomic E-state index is 5.53. The number of nitrogens with zero attached hydrogens (tertiary/aromatic N) is 3. The Morgan fingerprint density at radius 3 is 2.13 bits per heavy atom. The van der Waals surface area contributed by atoms with Gasteiger partial charge in [0.15, 0.2) is 0 Å². The van der Waals surface area contributed by atoms with E-state index in [0.717, 1.165) is 21.8 Å². The predicted octanol–water partition coefficient (Wildman–Crippen LogP) is 4.22. The lowest BCUT2D eigenvalue weighted by atomic mass is 10.1. The molecule has 7 nitrogen and oxygen atoms in total. The molecule has 0 aliphatic carbocycles. The van der Waals surface area contributed by atoms with E-state index in [9.17, 15) is 0 Å². The van der Waals surface area contributed by atoms with Crippen LogP contribution >= 0.6 is 11.3 Å². The molecule has 0 saturated heterocycles. The first-order valence-electron chi connectivity index (χ1n) is 9.45. The van der Waals surface area contributed by atoms with E-state index in [1.807, 2.05) is 29.6 Å². The lowest BCUT2D eigenvalue weighted by molar-refractivity contribution is 0.374. The van der Waals surface area contributed by atoms with E-state index in [0.29, 0.717) is 29.4 Å². The minimum absolute atomic E-state index is 0.493. The summed E-state index contributed by atoms with van der Waals surface area (Å²) >= 11 is 1.50. The highest BCUT2D eigenvalue weighted by Crippen LogP contribution is 2.33. The van der Waals surface area contributed by atoms with Gasteiger partial charge in [-0.15, -0.1) is 17.9 Å². The van der Waals surface area contributed by atoms with Crippen LogP contribution in [0.3, 0.4) is 0 Å². The van der Waals surface area contributed by atoms with Gasteiger partial charge in [0, 0.05) is 23.1 Å². The van der Waals surface area contributed by atoms with Gasteiger partial charge in [-0.05, 0) is 24.3 Å². The van der Waals surface area contributed by atoms with E-state index < -0.39 is 0 Å². The van der Waals surface area contributed by atoms with Gasteiger partial charge in [-0.2, -0.15) is 5.10 Å². The van der Waals surface area contributed by atoms with Gasteiger partial charge in [0.05, 0.1) is 52.5 Å². The maximum absolute atomic E-state index is 5.53. The molecule has 0 aliphatic heterocycles. The highest BCUT2D eigenvalue weighted by molar-refractivity contribution is 7.07. The molecule has 0 radical (unpaired) electrons. The summed E-state index contributed by atoms with van der Waals surface area (Å²) in [5.41, 5.74) is 2.58. The van der Waals surface area contributed by atoms with Crippen LogP contribution in [0, 0.1) is 0 Å².